The van der Waals surface area contributed by atoms with Crippen LogP contribution >= 0.6 is 0 Å². The first-order valence-electron chi connectivity index (χ1n) is 10.8. The van der Waals surface area contributed by atoms with Gasteiger partial charge in [0.25, 0.3) is 5.91 Å². The number of aliphatic hydroxyl groups is 1. The van der Waals surface area contributed by atoms with Crippen LogP contribution in [0.25, 0.3) is 10.9 Å². The minimum Gasteiger partial charge on any atom is -0.478 e. The lowest BCUT2D eigenvalue weighted by Gasteiger charge is -2.37. The SMILES string of the molecule is Cc1ccc2c(N3CCN(CC(O)c4cc(F)c5c(c4)NC(=O)CO5)CC3)cccc2n1. The Labute approximate surface area is 185 Å². The maximum atomic E-state index is 14.4. The number of benzene rings is 2. The van der Waals surface area contributed by atoms with E-state index in [2.05, 4.69) is 32.2 Å². The Hall–Kier alpha value is -3.23. The van der Waals surface area contributed by atoms with Crippen molar-refractivity contribution in [3.63, 3.8) is 0 Å². The number of pyridine rings is 1. The lowest BCUT2D eigenvalue weighted by Crippen LogP contribution is -2.47. The van der Waals surface area contributed by atoms with E-state index >= 15 is 0 Å². The number of ether oxygens (including phenoxy) is 1. The molecule has 1 aromatic heterocycles. The summed E-state index contributed by atoms with van der Waals surface area (Å²) in [4.78, 5) is 20.7. The molecule has 2 aliphatic rings. The molecular formula is C24H25FN4O3. The van der Waals surface area contributed by atoms with E-state index in [1.165, 1.54) is 11.8 Å². The first kappa shape index (κ1) is 20.7. The van der Waals surface area contributed by atoms with Crippen LogP contribution in [0.5, 0.6) is 5.75 Å². The van der Waals surface area contributed by atoms with Gasteiger partial charge in [-0.2, -0.15) is 0 Å². The van der Waals surface area contributed by atoms with Crippen molar-refractivity contribution in [1.29, 1.82) is 0 Å². The van der Waals surface area contributed by atoms with Crippen molar-refractivity contribution in [3.8, 4) is 5.75 Å². The molecule has 166 valence electrons. The van der Waals surface area contributed by atoms with Crippen LogP contribution in [0, 0.1) is 12.7 Å². The minimum absolute atomic E-state index is 0.0222. The lowest BCUT2D eigenvalue weighted by atomic mass is 10.1. The zero-order valence-corrected chi connectivity index (χ0v) is 17.8. The molecular weight excluding hydrogens is 411 g/mol. The van der Waals surface area contributed by atoms with E-state index in [1.54, 1.807) is 6.07 Å². The summed E-state index contributed by atoms with van der Waals surface area (Å²) in [7, 11) is 0. The van der Waals surface area contributed by atoms with Crippen molar-refractivity contribution in [2.75, 3.05) is 49.5 Å². The van der Waals surface area contributed by atoms with Gasteiger partial charge in [0, 0.05) is 49.5 Å². The number of amides is 1. The molecule has 0 radical (unpaired) electrons. The number of rotatable bonds is 4. The quantitative estimate of drug-likeness (QED) is 0.655. The van der Waals surface area contributed by atoms with Gasteiger partial charge in [-0.1, -0.05) is 6.07 Å². The molecule has 1 amide bonds. The molecule has 0 spiro atoms. The first-order chi connectivity index (χ1) is 15.5. The highest BCUT2D eigenvalue weighted by Crippen LogP contribution is 2.34. The molecule has 3 aromatic rings. The molecule has 0 saturated carbocycles. The molecule has 1 fully saturated rings. The van der Waals surface area contributed by atoms with Crippen LogP contribution < -0.4 is 15.0 Å². The largest absolute Gasteiger partial charge is 0.478 e. The number of halogens is 1. The second-order valence-electron chi connectivity index (χ2n) is 8.32. The second-order valence-corrected chi connectivity index (χ2v) is 8.32. The second kappa shape index (κ2) is 8.37. The molecule has 0 bridgehead atoms. The minimum atomic E-state index is -0.870. The van der Waals surface area contributed by atoms with E-state index in [0.717, 1.165) is 42.8 Å². The molecule has 5 rings (SSSR count). The van der Waals surface area contributed by atoms with Gasteiger partial charge in [0.2, 0.25) is 0 Å². The standard InChI is InChI=1S/C24H25FN4O3/c1-15-5-6-17-19(26-15)3-2-4-21(17)29-9-7-28(8-10-29)13-22(30)16-11-18(25)24-20(12-16)27-23(31)14-32-24/h2-6,11-12,22,30H,7-10,13-14H2,1H3,(H,27,31). The number of hydrogen-bond acceptors (Lipinski definition) is 6. The molecule has 1 unspecified atom stereocenters. The summed E-state index contributed by atoms with van der Waals surface area (Å²) in [5, 5.41) is 14.5. The molecule has 2 aromatic carbocycles. The predicted molar refractivity (Wildman–Crippen MR) is 121 cm³/mol. The van der Waals surface area contributed by atoms with Crippen LogP contribution in [0.15, 0.2) is 42.5 Å². The van der Waals surface area contributed by atoms with Crippen LogP contribution in [0.2, 0.25) is 0 Å². The molecule has 2 N–H and O–H groups in total. The average molecular weight is 436 g/mol. The molecule has 3 heterocycles. The van der Waals surface area contributed by atoms with Gasteiger partial charge in [0.15, 0.2) is 18.2 Å². The van der Waals surface area contributed by atoms with Gasteiger partial charge in [0.1, 0.15) is 0 Å². The van der Waals surface area contributed by atoms with E-state index < -0.39 is 11.9 Å². The fourth-order valence-electron chi connectivity index (χ4n) is 4.41. The van der Waals surface area contributed by atoms with E-state index in [0.29, 0.717) is 12.1 Å². The summed E-state index contributed by atoms with van der Waals surface area (Å²) in [5.74, 6) is -0.895. The number of aliphatic hydroxyl groups excluding tert-OH is 1. The molecule has 1 atom stereocenters. The van der Waals surface area contributed by atoms with Gasteiger partial charge in [-0.25, -0.2) is 4.39 Å². The summed E-state index contributed by atoms with van der Waals surface area (Å²) in [6.07, 6.45) is -0.870. The highest BCUT2D eigenvalue weighted by molar-refractivity contribution is 5.95. The summed E-state index contributed by atoms with van der Waals surface area (Å²) >= 11 is 0. The Balaban J connectivity index is 1.25. The van der Waals surface area contributed by atoms with Crippen molar-refractivity contribution in [2.24, 2.45) is 0 Å². The molecule has 1 saturated heterocycles. The summed E-state index contributed by atoms with van der Waals surface area (Å²) in [6.45, 7) is 5.37. The number of aryl methyl sites for hydroxylation is 1. The highest BCUT2D eigenvalue weighted by Gasteiger charge is 2.25. The van der Waals surface area contributed by atoms with Crippen molar-refractivity contribution in [3.05, 3.63) is 59.5 Å². The number of nitrogens with zero attached hydrogens (tertiary/aromatic N) is 3. The van der Waals surface area contributed by atoms with Gasteiger partial charge < -0.3 is 20.1 Å². The average Bonchev–Trinajstić information content (AvgIpc) is 2.78. The lowest BCUT2D eigenvalue weighted by molar-refractivity contribution is -0.118. The third-order valence-corrected chi connectivity index (χ3v) is 6.06. The number of aromatic nitrogens is 1. The van der Waals surface area contributed by atoms with Crippen molar-refractivity contribution in [2.45, 2.75) is 13.0 Å². The van der Waals surface area contributed by atoms with Gasteiger partial charge in [-0.15, -0.1) is 0 Å². The molecule has 7 nitrogen and oxygen atoms in total. The maximum Gasteiger partial charge on any atom is 0.262 e. The molecule has 0 aliphatic carbocycles. The maximum absolute atomic E-state index is 14.4. The molecule has 32 heavy (non-hydrogen) atoms. The van der Waals surface area contributed by atoms with E-state index in [-0.39, 0.29) is 24.0 Å². The van der Waals surface area contributed by atoms with Gasteiger partial charge in [0.05, 0.1) is 17.3 Å². The van der Waals surface area contributed by atoms with Crippen molar-refractivity contribution < 1.29 is 19.0 Å². The number of hydrogen-bond donors (Lipinski definition) is 2. The van der Waals surface area contributed by atoms with Crippen LogP contribution in [0.3, 0.4) is 0 Å². The predicted octanol–water partition coefficient (Wildman–Crippen LogP) is 2.87. The third kappa shape index (κ3) is 3.99. The number of β-amino-alcohol motifs (C(OH)–C–C–N with tert-alkyl or cyclic N) is 1. The molecule has 2 aliphatic heterocycles. The van der Waals surface area contributed by atoms with Gasteiger partial charge in [-0.05, 0) is 48.9 Å². The number of carbonyl (C=O) groups is 1. The topological polar surface area (TPSA) is 77.9 Å². The smallest absolute Gasteiger partial charge is 0.262 e. The van der Waals surface area contributed by atoms with Crippen LogP contribution in [-0.2, 0) is 4.79 Å². The van der Waals surface area contributed by atoms with Gasteiger partial charge in [-0.3, -0.25) is 14.7 Å². The van der Waals surface area contributed by atoms with E-state index in [4.69, 9.17) is 4.74 Å². The fourth-order valence-corrected chi connectivity index (χ4v) is 4.41. The summed E-state index contributed by atoms with van der Waals surface area (Å²) < 4.78 is 19.5. The Bertz CT molecular complexity index is 1180. The number of fused-ring (bicyclic) bond motifs is 2. The zero-order chi connectivity index (χ0) is 22.2. The van der Waals surface area contributed by atoms with Gasteiger partial charge >= 0.3 is 0 Å². The third-order valence-electron chi connectivity index (χ3n) is 6.06. The number of carbonyl (C=O) groups excluding carboxylic acids is 1. The normalized spacial score (nSPS) is 17.6. The van der Waals surface area contributed by atoms with E-state index in [1.807, 2.05) is 25.1 Å². The van der Waals surface area contributed by atoms with E-state index in [9.17, 15) is 14.3 Å². The van der Waals surface area contributed by atoms with Crippen LogP contribution in [-0.4, -0.2) is 60.2 Å². The Morgan fingerprint density at radius 2 is 2.00 bits per heavy atom. The summed E-state index contributed by atoms with van der Waals surface area (Å²) in [6, 6.07) is 13.2. The Kier molecular flexibility index (Phi) is 5.40. The summed E-state index contributed by atoms with van der Waals surface area (Å²) in [5.41, 5.74) is 3.84. The van der Waals surface area contributed by atoms with Crippen LogP contribution in [0.1, 0.15) is 17.4 Å². The Morgan fingerprint density at radius 3 is 2.81 bits per heavy atom. The number of piperazine rings is 1. The number of nitrogens with one attached hydrogen (secondary N) is 1. The zero-order valence-electron chi connectivity index (χ0n) is 17.8. The number of anilines is 2. The Morgan fingerprint density at radius 1 is 1.19 bits per heavy atom. The van der Waals surface area contributed by atoms with Crippen molar-refractivity contribution >= 4 is 28.2 Å². The first-order valence-corrected chi connectivity index (χ1v) is 10.8. The van der Waals surface area contributed by atoms with Crippen LogP contribution in [0.4, 0.5) is 15.8 Å². The monoisotopic (exact) mass is 436 g/mol. The fraction of sp³-hybridized carbons (Fsp3) is 0.333. The molecule has 8 heteroatoms. The van der Waals surface area contributed by atoms with Crippen molar-refractivity contribution in [1.82, 2.24) is 9.88 Å². The highest BCUT2D eigenvalue weighted by atomic mass is 19.1.